The van der Waals surface area contributed by atoms with E-state index in [4.69, 9.17) is 16.3 Å². The molecule has 1 heterocycles. The molecule has 6 heteroatoms. The van der Waals surface area contributed by atoms with E-state index in [1.807, 2.05) is 0 Å². The molecule has 0 atom stereocenters. The number of halogens is 2. The number of rotatable bonds is 1. The second kappa shape index (κ2) is 5.48. The van der Waals surface area contributed by atoms with Gasteiger partial charge in [0.15, 0.2) is 0 Å². The van der Waals surface area contributed by atoms with Gasteiger partial charge < -0.3 is 4.74 Å². The van der Waals surface area contributed by atoms with Crippen molar-refractivity contribution in [2.45, 2.75) is 32.8 Å². The van der Waals surface area contributed by atoms with Gasteiger partial charge in [-0.25, -0.2) is 14.2 Å². The summed E-state index contributed by atoms with van der Waals surface area (Å²) in [5.41, 5.74) is -0.0908. The van der Waals surface area contributed by atoms with Gasteiger partial charge in [-0.1, -0.05) is 11.6 Å². The van der Waals surface area contributed by atoms with E-state index < -0.39 is 11.7 Å². The molecule has 20 heavy (non-hydrogen) atoms. The van der Waals surface area contributed by atoms with E-state index in [1.165, 1.54) is 23.2 Å². The molecule has 4 nitrogen and oxygen atoms in total. The van der Waals surface area contributed by atoms with Crippen LogP contribution in [0.3, 0.4) is 0 Å². The average molecular weight is 301 g/mol. The van der Waals surface area contributed by atoms with Crippen LogP contribution in [0.4, 0.5) is 14.9 Å². The summed E-state index contributed by atoms with van der Waals surface area (Å²) >= 11 is 6.09. The first-order valence-corrected chi connectivity index (χ1v) is 6.89. The lowest BCUT2D eigenvalue weighted by molar-refractivity contribution is 0.0274. The fraction of sp³-hybridized carbons (Fsp3) is 0.500. The highest BCUT2D eigenvalue weighted by molar-refractivity contribution is 6.33. The molecule has 0 saturated carbocycles. The molecule has 0 radical (unpaired) electrons. The van der Waals surface area contributed by atoms with Crippen molar-refractivity contribution in [3.8, 4) is 0 Å². The normalized spacial score (nSPS) is 15.7. The summed E-state index contributed by atoms with van der Waals surface area (Å²) in [6.07, 6.45) is 0.335. The first-order chi connectivity index (χ1) is 9.28. The lowest BCUT2D eigenvalue weighted by Crippen LogP contribution is -2.44. The molecular weight excluding hydrogens is 283 g/mol. The van der Waals surface area contributed by atoms with Crippen LogP contribution in [-0.2, 0) is 4.74 Å². The fourth-order valence-electron chi connectivity index (χ4n) is 2.05. The van der Waals surface area contributed by atoms with Gasteiger partial charge in [0, 0.05) is 19.2 Å². The fourth-order valence-corrected chi connectivity index (χ4v) is 2.27. The van der Waals surface area contributed by atoms with Gasteiger partial charge in [-0.15, -0.1) is 0 Å². The molecule has 1 aliphatic rings. The molecule has 0 aliphatic carbocycles. The minimum absolute atomic E-state index is 0.388. The van der Waals surface area contributed by atoms with Gasteiger partial charge in [-0.05, 0) is 39.3 Å². The van der Waals surface area contributed by atoms with Crippen LogP contribution in [0.1, 0.15) is 27.2 Å². The van der Waals surface area contributed by atoms with E-state index in [2.05, 4.69) is 0 Å². The Hall–Kier alpha value is -1.49. The van der Waals surface area contributed by atoms with Crippen LogP contribution in [0.25, 0.3) is 0 Å². The van der Waals surface area contributed by atoms with Crippen molar-refractivity contribution in [1.82, 2.24) is 5.01 Å². The first kappa shape index (κ1) is 14.9. The standard InChI is InChI=1S/C14H18ClFN2O2/c1-14(2,3)20-13(19)18-8-4-7-17(18)12-9-10(16)5-6-11(12)15/h5-6,9H,4,7-8H2,1-3H3. The van der Waals surface area contributed by atoms with Crippen molar-refractivity contribution in [2.24, 2.45) is 0 Å². The Kier molecular flexibility index (Phi) is 4.09. The average Bonchev–Trinajstić information content (AvgIpc) is 2.79. The van der Waals surface area contributed by atoms with Crippen molar-refractivity contribution in [3.63, 3.8) is 0 Å². The zero-order valence-corrected chi connectivity index (χ0v) is 12.6. The summed E-state index contributed by atoms with van der Waals surface area (Å²) in [6.45, 7) is 6.55. The summed E-state index contributed by atoms with van der Waals surface area (Å²) in [7, 11) is 0. The molecule has 0 unspecified atom stereocenters. The molecule has 1 aromatic rings. The summed E-state index contributed by atoms with van der Waals surface area (Å²) in [6, 6.07) is 4.10. The Morgan fingerprint density at radius 3 is 2.70 bits per heavy atom. The van der Waals surface area contributed by atoms with Crippen LogP contribution in [0.5, 0.6) is 0 Å². The van der Waals surface area contributed by atoms with Gasteiger partial charge in [0.05, 0.1) is 10.7 Å². The van der Waals surface area contributed by atoms with Gasteiger partial charge in [0.1, 0.15) is 11.4 Å². The summed E-state index contributed by atoms with van der Waals surface area (Å²) in [5.74, 6) is -0.388. The number of benzene rings is 1. The molecule has 1 saturated heterocycles. The highest BCUT2D eigenvalue weighted by atomic mass is 35.5. The van der Waals surface area contributed by atoms with E-state index in [9.17, 15) is 9.18 Å². The molecular formula is C14H18ClFN2O2. The van der Waals surface area contributed by atoms with Crippen LogP contribution < -0.4 is 5.01 Å². The molecule has 1 aliphatic heterocycles. The highest BCUT2D eigenvalue weighted by Gasteiger charge is 2.32. The molecule has 0 bridgehead atoms. The van der Waals surface area contributed by atoms with E-state index in [1.54, 1.807) is 25.8 Å². The van der Waals surface area contributed by atoms with E-state index >= 15 is 0 Å². The molecule has 1 amide bonds. The highest BCUT2D eigenvalue weighted by Crippen LogP contribution is 2.31. The third-order valence-corrected chi connectivity index (χ3v) is 3.14. The van der Waals surface area contributed by atoms with Crippen LogP contribution in [0.2, 0.25) is 5.02 Å². The lowest BCUT2D eigenvalue weighted by atomic mass is 10.2. The predicted molar refractivity (Wildman–Crippen MR) is 76.3 cm³/mol. The molecule has 0 N–H and O–H groups in total. The van der Waals surface area contributed by atoms with Crippen molar-refractivity contribution in [1.29, 1.82) is 0 Å². The Morgan fingerprint density at radius 2 is 2.05 bits per heavy atom. The Morgan fingerprint density at radius 1 is 1.35 bits per heavy atom. The zero-order valence-electron chi connectivity index (χ0n) is 11.8. The molecule has 0 aromatic heterocycles. The van der Waals surface area contributed by atoms with Crippen molar-refractivity contribution < 1.29 is 13.9 Å². The number of ether oxygens (including phenoxy) is 1. The lowest BCUT2D eigenvalue weighted by Gasteiger charge is -2.32. The zero-order chi connectivity index (χ0) is 14.9. The Labute approximate surface area is 123 Å². The maximum absolute atomic E-state index is 13.4. The smallest absolute Gasteiger partial charge is 0.429 e. The maximum Gasteiger partial charge on any atom is 0.429 e. The topological polar surface area (TPSA) is 32.8 Å². The van der Waals surface area contributed by atoms with Gasteiger partial charge in [-0.3, -0.25) is 5.01 Å². The molecule has 0 spiro atoms. The van der Waals surface area contributed by atoms with Gasteiger partial charge in [0.25, 0.3) is 0 Å². The number of anilines is 1. The molecule has 110 valence electrons. The third-order valence-electron chi connectivity index (χ3n) is 2.82. The van der Waals surface area contributed by atoms with Crippen molar-refractivity contribution in [3.05, 3.63) is 29.0 Å². The van der Waals surface area contributed by atoms with Gasteiger partial charge >= 0.3 is 6.09 Å². The van der Waals surface area contributed by atoms with Crippen LogP contribution in [-0.4, -0.2) is 29.8 Å². The number of hydrogen-bond donors (Lipinski definition) is 0. The number of carbonyl (C=O) groups excluding carboxylic acids is 1. The molecule has 1 aromatic carbocycles. The van der Waals surface area contributed by atoms with Crippen molar-refractivity contribution >= 4 is 23.4 Å². The van der Waals surface area contributed by atoms with Crippen LogP contribution >= 0.6 is 11.6 Å². The molecule has 1 fully saturated rings. The summed E-state index contributed by atoms with van der Waals surface area (Å²) in [4.78, 5) is 12.2. The third kappa shape index (κ3) is 3.33. The first-order valence-electron chi connectivity index (χ1n) is 6.51. The number of hydrogen-bond acceptors (Lipinski definition) is 3. The second-order valence-electron chi connectivity index (χ2n) is 5.68. The minimum Gasteiger partial charge on any atom is -0.442 e. The van der Waals surface area contributed by atoms with E-state index in [-0.39, 0.29) is 5.82 Å². The predicted octanol–water partition coefficient (Wildman–Crippen LogP) is 3.84. The largest absolute Gasteiger partial charge is 0.442 e. The quantitative estimate of drug-likeness (QED) is 0.790. The second-order valence-corrected chi connectivity index (χ2v) is 6.08. The maximum atomic E-state index is 13.4. The summed E-state index contributed by atoms with van der Waals surface area (Å²) < 4.78 is 18.7. The summed E-state index contributed by atoms with van der Waals surface area (Å²) in [5, 5.41) is 3.53. The SMILES string of the molecule is CC(C)(C)OC(=O)N1CCCN1c1cc(F)ccc1Cl. The van der Waals surface area contributed by atoms with Crippen LogP contribution in [0, 0.1) is 5.82 Å². The van der Waals surface area contributed by atoms with E-state index in [0.29, 0.717) is 23.8 Å². The Balaban J connectivity index is 2.23. The number of amides is 1. The Bertz CT molecular complexity index is 516. The van der Waals surface area contributed by atoms with Crippen LogP contribution in [0.15, 0.2) is 18.2 Å². The van der Waals surface area contributed by atoms with E-state index in [0.717, 1.165) is 6.42 Å². The number of hydrazine groups is 1. The number of carbonyl (C=O) groups is 1. The van der Waals surface area contributed by atoms with Gasteiger partial charge in [-0.2, -0.15) is 0 Å². The molecule has 2 rings (SSSR count). The van der Waals surface area contributed by atoms with Gasteiger partial charge in [0.2, 0.25) is 0 Å². The van der Waals surface area contributed by atoms with Crippen molar-refractivity contribution in [2.75, 3.05) is 18.1 Å². The number of nitrogens with zero attached hydrogens (tertiary/aromatic N) is 2. The monoisotopic (exact) mass is 300 g/mol. The minimum atomic E-state index is -0.572.